The van der Waals surface area contributed by atoms with E-state index in [1.165, 1.54) is 11.1 Å². The predicted molar refractivity (Wildman–Crippen MR) is 77.5 cm³/mol. The zero-order valence-electron chi connectivity index (χ0n) is 12.2. The van der Waals surface area contributed by atoms with Gasteiger partial charge in [-0.05, 0) is 36.5 Å². The van der Waals surface area contributed by atoms with E-state index in [4.69, 9.17) is 9.47 Å². The van der Waals surface area contributed by atoms with E-state index in [0.717, 1.165) is 24.3 Å². The molecule has 4 rings (SSSR count). The lowest BCUT2D eigenvalue weighted by Gasteiger charge is -2.32. The van der Waals surface area contributed by atoms with Crippen LogP contribution in [0.5, 0.6) is 11.5 Å². The van der Waals surface area contributed by atoms with Gasteiger partial charge in [0.1, 0.15) is 0 Å². The van der Waals surface area contributed by atoms with E-state index in [1.54, 1.807) is 13.2 Å². The molecule has 1 aliphatic heterocycles. The summed E-state index contributed by atoms with van der Waals surface area (Å²) in [5.74, 6) is 2.27. The average Bonchev–Trinajstić information content (AvgIpc) is 2.91. The minimum absolute atomic E-state index is 0.0855. The number of allylic oxidation sites excluding steroid dienone is 1. The Bertz CT molecular complexity index is 574. The number of hydrogen-bond acceptors (Lipinski definition) is 3. The molecule has 20 heavy (non-hydrogen) atoms. The average molecular weight is 272 g/mol. The van der Waals surface area contributed by atoms with Crippen LogP contribution in [0, 0.1) is 5.92 Å². The molecule has 0 fully saturated rings. The van der Waals surface area contributed by atoms with Gasteiger partial charge in [0.2, 0.25) is 0 Å². The van der Waals surface area contributed by atoms with E-state index in [9.17, 15) is 4.79 Å². The Labute approximate surface area is 119 Å². The predicted octanol–water partition coefficient (Wildman–Crippen LogP) is 3.27. The van der Waals surface area contributed by atoms with Crippen molar-refractivity contribution in [2.75, 3.05) is 7.11 Å². The number of methoxy groups -OCH3 is 1. The van der Waals surface area contributed by atoms with Gasteiger partial charge in [0.15, 0.2) is 23.4 Å². The summed E-state index contributed by atoms with van der Waals surface area (Å²) in [6.45, 7) is 4.00. The van der Waals surface area contributed by atoms with Crippen molar-refractivity contribution in [2.24, 2.45) is 5.92 Å². The van der Waals surface area contributed by atoms with Gasteiger partial charge in [-0.15, -0.1) is 0 Å². The largest absolute Gasteiger partial charge is 0.493 e. The Morgan fingerprint density at radius 2 is 2.10 bits per heavy atom. The quantitative estimate of drug-likeness (QED) is 0.787. The molecule has 3 aliphatic rings. The molecule has 0 spiro atoms. The number of ketones is 1. The molecule has 1 aromatic rings. The first kappa shape index (κ1) is 13.2. The standard InChI is InChI=1S/C15H14O3.C2H6/c1-17-11-7-5-9-3-2-8-4-6-10(16)14-12(8)13(9)15(11)18-14;1-2/h4-8,12,14H,2-3H2,1H3;1-2H3. The second-order valence-corrected chi connectivity index (χ2v) is 5.20. The van der Waals surface area contributed by atoms with Crippen LogP contribution in [-0.2, 0) is 11.2 Å². The number of rotatable bonds is 1. The van der Waals surface area contributed by atoms with Crippen LogP contribution in [0.2, 0.25) is 0 Å². The van der Waals surface area contributed by atoms with Gasteiger partial charge < -0.3 is 9.47 Å². The zero-order chi connectivity index (χ0) is 14.3. The minimum Gasteiger partial charge on any atom is -0.493 e. The lowest BCUT2D eigenvalue weighted by molar-refractivity contribution is -0.122. The molecule has 1 aromatic carbocycles. The Morgan fingerprint density at radius 1 is 1.30 bits per heavy atom. The number of carbonyl (C=O) groups excluding carboxylic acids is 1. The van der Waals surface area contributed by atoms with Crippen LogP contribution in [0.4, 0.5) is 0 Å². The molecule has 0 radical (unpaired) electrons. The maximum Gasteiger partial charge on any atom is 0.196 e. The molecule has 0 amide bonds. The molecule has 106 valence electrons. The molecule has 0 saturated heterocycles. The van der Waals surface area contributed by atoms with Crippen LogP contribution in [0.15, 0.2) is 24.3 Å². The summed E-state index contributed by atoms with van der Waals surface area (Å²) in [4.78, 5) is 12.0. The molecule has 0 aromatic heterocycles. The maximum absolute atomic E-state index is 12.0. The highest BCUT2D eigenvalue weighted by Gasteiger charge is 2.48. The van der Waals surface area contributed by atoms with Crippen molar-refractivity contribution in [2.45, 2.75) is 38.7 Å². The number of carbonyl (C=O) groups is 1. The van der Waals surface area contributed by atoms with Crippen molar-refractivity contribution in [1.82, 2.24) is 0 Å². The molecule has 0 saturated carbocycles. The summed E-state index contributed by atoms with van der Waals surface area (Å²) < 4.78 is 11.3. The minimum atomic E-state index is -0.328. The van der Waals surface area contributed by atoms with Crippen molar-refractivity contribution < 1.29 is 14.3 Å². The first-order chi connectivity index (χ1) is 9.79. The van der Waals surface area contributed by atoms with Crippen LogP contribution in [0.3, 0.4) is 0 Å². The van der Waals surface area contributed by atoms with Gasteiger partial charge >= 0.3 is 0 Å². The van der Waals surface area contributed by atoms with Crippen LogP contribution in [0.25, 0.3) is 0 Å². The second-order valence-electron chi connectivity index (χ2n) is 5.20. The van der Waals surface area contributed by atoms with Crippen molar-refractivity contribution in [3.8, 4) is 11.5 Å². The SMILES string of the molecule is CC.COc1ccc2c3c1OC1C(=O)C=CC(CC2)C31. The van der Waals surface area contributed by atoms with Crippen molar-refractivity contribution in [1.29, 1.82) is 0 Å². The third-order valence-corrected chi connectivity index (χ3v) is 4.37. The van der Waals surface area contributed by atoms with E-state index in [0.29, 0.717) is 5.92 Å². The Balaban J connectivity index is 0.000000581. The van der Waals surface area contributed by atoms with E-state index in [2.05, 4.69) is 12.1 Å². The van der Waals surface area contributed by atoms with E-state index < -0.39 is 0 Å². The van der Waals surface area contributed by atoms with E-state index >= 15 is 0 Å². The number of aryl methyl sites for hydroxylation is 1. The van der Waals surface area contributed by atoms with Gasteiger partial charge in [-0.1, -0.05) is 26.0 Å². The highest BCUT2D eigenvalue weighted by atomic mass is 16.5. The van der Waals surface area contributed by atoms with Crippen molar-refractivity contribution in [3.05, 3.63) is 35.4 Å². The first-order valence-corrected chi connectivity index (χ1v) is 7.38. The Morgan fingerprint density at radius 3 is 2.85 bits per heavy atom. The summed E-state index contributed by atoms with van der Waals surface area (Å²) in [7, 11) is 1.64. The monoisotopic (exact) mass is 272 g/mol. The van der Waals surface area contributed by atoms with Crippen molar-refractivity contribution >= 4 is 5.78 Å². The van der Waals surface area contributed by atoms with E-state index in [1.807, 2.05) is 19.9 Å². The second kappa shape index (κ2) is 4.97. The van der Waals surface area contributed by atoms with Gasteiger partial charge in [-0.25, -0.2) is 0 Å². The number of ether oxygens (including phenoxy) is 2. The summed E-state index contributed by atoms with van der Waals surface area (Å²) in [5.41, 5.74) is 2.53. The van der Waals surface area contributed by atoms with Gasteiger partial charge in [-0.2, -0.15) is 0 Å². The lowest BCUT2D eigenvalue weighted by atomic mass is 9.70. The zero-order valence-corrected chi connectivity index (χ0v) is 12.2. The molecule has 2 aliphatic carbocycles. The molecular formula is C17H20O3. The molecule has 0 N–H and O–H groups in total. The molecule has 3 atom stereocenters. The molecule has 3 nitrogen and oxygen atoms in total. The Hall–Kier alpha value is -1.77. The smallest absolute Gasteiger partial charge is 0.196 e. The van der Waals surface area contributed by atoms with Crippen LogP contribution >= 0.6 is 0 Å². The fourth-order valence-corrected chi connectivity index (χ4v) is 3.54. The van der Waals surface area contributed by atoms with Crippen molar-refractivity contribution in [3.63, 3.8) is 0 Å². The lowest BCUT2D eigenvalue weighted by Crippen LogP contribution is -2.36. The molecule has 0 bridgehead atoms. The first-order valence-electron chi connectivity index (χ1n) is 7.38. The van der Waals surface area contributed by atoms with Gasteiger partial charge in [-0.3, -0.25) is 4.79 Å². The van der Waals surface area contributed by atoms with Gasteiger partial charge in [0.05, 0.1) is 7.11 Å². The topological polar surface area (TPSA) is 35.5 Å². The molecule has 3 unspecified atom stereocenters. The van der Waals surface area contributed by atoms with E-state index in [-0.39, 0.29) is 17.8 Å². The summed E-state index contributed by atoms with van der Waals surface area (Å²) in [5, 5.41) is 0. The molecule has 3 heteroatoms. The molecule has 1 heterocycles. The van der Waals surface area contributed by atoms with Crippen LogP contribution in [-0.4, -0.2) is 19.0 Å². The highest BCUT2D eigenvalue weighted by Crippen LogP contribution is 2.54. The number of hydrogen-bond donors (Lipinski definition) is 0. The van der Waals surface area contributed by atoms with Gasteiger partial charge in [0.25, 0.3) is 0 Å². The highest BCUT2D eigenvalue weighted by molar-refractivity contribution is 5.97. The van der Waals surface area contributed by atoms with Crippen LogP contribution < -0.4 is 9.47 Å². The number of benzene rings is 1. The Kier molecular flexibility index (Phi) is 3.28. The summed E-state index contributed by atoms with van der Waals surface area (Å²) in [6.07, 6.45) is 5.58. The molecular weight excluding hydrogens is 252 g/mol. The maximum atomic E-state index is 12.0. The third kappa shape index (κ3) is 1.69. The summed E-state index contributed by atoms with van der Waals surface area (Å²) in [6, 6.07) is 4.06. The fourth-order valence-electron chi connectivity index (χ4n) is 3.54. The summed E-state index contributed by atoms with van der Waals surface area (Å²) >= 11 is 0. The third-order valence-electron chi connectivity index (χ3n) is 4.37. The normalized spacial score (nSPS) is 28.1. The van der Waals surface area contributed by atoms with Gasteiger partial charge in [0, 0.05) is 11.5 Å². The van der Waals surface area contributed by atoms with Crippen LogP contribution in [0.1, 0.15) is 37.3 Å². The fraction of sp³-hybridized carbons (Fsp3) is 0.471.